The highest BCUT2D eigenvalue weighted by atomic mass is 35.5. The highest BCUT2D eigenvalue weighted by Crippen LogP contribution is 2.26. The maximum Gasteiger partial charge on any atom is 0.277 e. The van der Waals surface area contributed by atoms with Crippen molar-refractivity contribution in [1.82, 2.24) is 19.1 Å². The molecule has 198 valence electrons. The van der Waals surface area contributed by atoms with E-state index in [4.69, 9.17) is 16.3 Å². The molecule has 4 aromatic heterocycles. The summed E-state index contributed by atoms with van der Waals surface area (Å²) < 4.78 is 22.6. The molecule has 1 N–H and O–H groups in total. The van der Waals surface area contributed by atoms with Gasteiger partial charge in [-0.15, -0.1) is 0 Å². The third-order valence-corrected chi connectivity index (χ3v) is 6.53. The molecule has 0 atom stereocenters. The molecule has 4 heterocycles. The van der Waals surface area contributed by atoms with Gasteiger partial charge in [-0.05, 0) is 70.4 Å². The zero-order chi connectivity index (χ0) is 27.9. The van der Waals surface area contributed by atoms with Crippen LogP contribution in [0.5, 0.6) is 5.75 Å². The van der Waals surface area contributed by atoms with Crippen molar-refractivity contribution in [2.75, 3.05) is 0 Å². The minimum Gasteiger partial charge on any atom is -0.485 e. The first-order valence-corrected chi connectivity index (χ1v) is 12.3. The first-order chi connectivity index (χ1) is 17.8. The first kappa shape index (κ1) is 27.2. The second kappa shape index (κ2) is 10.2. The average molecular weight is 539 g/mol. The number of hydrogen-bond acceptors (Lipinski definition) is 6. The van der Waals surface area contributed by atoms with Crippen LogP contribution < -0.4 is 15.9 Å². The molecular weight excluding hydrogens is 511 g/mol. The van der Waals surface area contributed by atoms with Crippen LogP contribution in [0.2, 0.25) is 5.02 Å². The molecule has 0 aliphatic rings. The molecule has 0 aliphatic carbocycles. The fourth-order valence-corrected chi connectivity index (χ4v) is 4.52. The Morgan fingerprint density at radius 2 is 1.74 bits per heavy atom. The second-order valence-electron chi connectivity index (χ2n) is 9.77. The SMILES string of the molecule is Cc1cnc(COc2cc(C)n(-c3cc(-n4ccc(C)c(C(C)(C)O)c4=O)ncc3C)c(=O)c2Cl)c(F)c1. The molecule has 0 aromatic carbocycles. The Balaban J connectivity index is 1.77. The van der Waals surface area contributed by atoms with Gasteiger partial charge in [0.15, 0.2) is 0 Å². The first-order valence-electron chi connectivity index (χ1n) is 11.9. The molecular formula is C28H28ClFN4O4. The Morgan fingerprint density at radius 1 is 1.03 bits per heavy atom. The zero-order valence-electron chi connectivity index (χ0n) is 22.0. The Bertz CT molecular complexity index is 1670. The van der Waals surface area contributed by atoms with Gasteiger partial charge in [0.05, 0.1) is 16.9 Å². The van der Waals surface area contributed by atoms with Gasteiger partial charge in [-0.1, -0.05) is 11.6 Å². The number of pyridine rings is 4. The Hall–Kier alpha value is -3.82. The van der Waals surface area contributed by atoms with Crippen LogP contribution in [0.4, 0.5) is 4.39 Å². The summed E-state index contributed by atoms with van der Waals surface area (Å²) in [6.07, 6.45) is 4.66. The molecule has 0 saturated carbocycles. The number of aryl methyl sites for hydroxylation is 4. The topological polar surface area (TPSA) is 99.2 Å². The lowest BCUT2D eigenvalue weighted by atomic mass is 9.95. The summed E-state index contributed by atoms with van der Waals surface area (Å²) in [6.45, 7) is 9.87. The van der Waals surface area contributed by atoms with Gasteiger partial charge in [0.1, 0.15) is 34.7 Å². The van der Waals surface area contributed by atoms with Crippen molar-refractivity contribution in [2.45, 2.75) is 53.8 Å². The van der Waals surface area contributed by atoms with Gasteiger partial charge in [0.2, 0.25) is 0 Å². The summed E-state index contributed by atoms with van der Waals surface area (Å²) in [4.78, 5) is 35.1. The minimum absolute atomic E-state index is 0.0945. The molecule has 0 spiro atoms. The predicted molar refractivity (Wildman–Crippen MR) is 143 cm³/mol. The molecule has 38 heavy (non-hydrogen) atoms. The highest BCUT2D eigenvalue weighted by molar-refractivity contribution is 6.31. The van der Waals surface area contributed by atoms with Crippen LogP contribution in [0.1, 0.15) is 47.5 Å². The predicted octanol–water partition coefficient (Wildman–Crippen LogP) is 4.61. The van der Waals surface area contributed by atoms with E-state index in [1.54, 1.807) is 72.1 Å². The van der Waals surface area contributed by atoms with E-state index in [-0.39, 0.29) is 34.5 Å². The minimum atomic E-state index is -1.36. The van der Waals surface area contributed by atoms with Crippen molar-refractivity contribution in [3.05, 3.63) is 108 Å². The maximum atomic E-state index is 14.2. The number of aromatic nitrogens is 4. The fraction of sp³-hybridized carbons (Fsp3) is 0.286. The van der Waals surface area contributed by atoms with E-state index in [1.165, 1.54) is 21.4 Å². The van der Waals surface area contributed by atoms with Gasteiger partial charge in [0, 0.05) is 36.4 Å². The Labute approximate surface area is 224 Å². The lowest BCUT2D eigenvalue weighted by molar-refractivity contribution is 0.0760. The normalized spacial score (nSPS) is 11.6. The van der Waals surface area contributed by atoms with Gasteiger partial charge in [-0.25, -0.2) is 9.37 Å². The molecule has 0 aliphatic heterocycles. The van der Waals surface area contributed by atoms with Crippen LogP contribution in [-0.2, 0) is 12.2 Å². The number of hydrogen-bond donors (Lipinski definition) is 1. The monoisotopic (exact) mass is 538 g/mol. The number of aliphatic hydroxyl groups is 1. The number of halogens is 2. The number of rotatable bonds is 6. The van der Waals surface area contributed by atoms with Gasteiger partial charge < -0.3 is 9.84 Å². The van der Waals surface area contributed by atoms with Gasteiger partial charge in [-0.2, -0.15) is 0 Å². The van der Waals surface area contributed by atoms with E-state index < -0.39 is 22.5 Å². The van der Waals surface area contributed by atoms with Crippen molar-refractivity contribution in [3.63, 3.8) is 0 Å². The Morgan fingerprint density at radius 3 is 2.39 bits per heavy atom. The van der Waals surface area contributed by atoms with Crippen LogP contribution in [0, 0.1) is 33.5 Å². The van der Waals surface area contributed by atoms with E-state index in [0.29, 0.717) is 28.1 Å². The molecule has 0 saturated heterocycles. The molecule has 8 nitrogen and oxygen atoms in total. The number of nitrogens with zero attached hydrogens (tertiary/aromatic N) is 4. The lowest BCUT2D eigenvalue weighted by Crippen LogP contribution is -2.32. The van der Waals surface area contributed by atoms with Crippen LogP contribution >= 0.6 is 11.6 Å². The van der Waals surface area contributed by atoms with Crippen molar-refractivity contribution in [3.8, 4) is 17.3 Å². The van der Waals surface area contributed by atoms with Crippen molar-refractivity contribution in [2.24, 2.45) is 0 Å². The quantitative estimate of drug-likeness (QED) is 0.385. The Kier molecular flexibility index (Phi) is 7.27. The van der Waals surface area contributed by atoms with E-state index >= 15 is 0 Å². The lowest BCUT2D eigenvalue weighted by Gasteiger charge is -2.21. The van der Waals surface area contributed by atoms with Crippen LogP contribution in [0.25, 0.3) is 11.5 Å². The van der Waals surface area contributed by atoms with Crippen molar-refractivity contribution >= 4 is 11.6 Å². The van der Waals surface area contributed by atoms with E-state index in [1.807, 2.05) is 0 Å². The summed E-state index contributed by atoms with van der Waals surface area (Å²) in [5.41, 5.74) is 0.993. The van der Waals surface area contributed by atoms with E-state index in [0.717, 1.165) is 0 Å². The van der Waals surface area contributed by atoms with Gasteiger partial charge in [0.25, 0.3) is 11.1 Å². The average Bonchev–Trinajstić information content (AvgIpc) is 2.82. The fourth-order valence-electron chi connectivity index (χ4n) is 4.33. The van der Waals surface area contributed by atoms with Crippen molar-refractivity contribution in [1.29, 1.82) is 0 Å². The van der Waals surface area contributed by atoms with E-state index in [2.05, 4.69) is 9.97 Å². The molecule has 0 radical (unpaired) electrons. The summed E-state index contributed by atoms with van der Waals surface area (Å²) in [5.74, 6) is -0.140. The summed E-state index contributed by atoms with van der Waals surface area (Å²) in [6, 6.07) is 6.27. The summed E-state index contributed by atoms with van der Waals surface area (Å²) in [7, 11) is 0. The largest absolute Gasteiger partial charge is 0.485 e. The number of ether oxygens (including phenoxy) is 1. The molecule has 10 heteroatoms. The van der Waals surface area contributed by atoms with Gasteiger partial charge >= 0.3 is 0 Å². The van der Waals surface area contributed by atoms with E-state index in [9.17, 15) is 19.1 Å². The van der Waals surface area contributed by atoms with Crippen molar-refractivity contribution < 1.29 is 14.2 Å². The van der Waals surface area contributed by atoms with Gasteiger partial charge in [-0.3, -0.25) is 23.7 Å². The third-order valence-electron chi connectivity index (χ3n) is 6.18. The summed E-state index contributed by atoms with van der Waals surface area (Å²) >= 11 is 6.40. The summed E-state index contributed by atoms with van der Waals surface area (Å²) in [5, 5.41) is 10.4. The third kappa shape index (κ3) is 5.12. The van der Waals surface area contributed by atoms with Crippen LogP contribution in [0.3, 0.4) is 0 Å². The highest BCUT2D eigenvalue weighted by Gasteiger charge is 2.24. The molecule has 4 rings (SSSR count). The maximum absolute atomic E-state index is 14.2. The van der Waals surface area contributed by atoms with Crippen LogP contribution in [-0.4, -0.2) is 24.2 Å². The molecule has 0 unspecified atom stereocenters. The molecule has 0 fully saturated rings. The molecule has 0 amide bonds. The van der Waals surface area contributed by atoms with Crippen LogP contribution in [0.15, 0.2) is 52.4 Å². The molecule has 4 aromatic rings. The smallest absolute Gasteiger partial charge is 0.277 e. The second-order valence-corrected chi connectivity index (χ2v) is 10.1. The zero-order valence-corrected chi connectivity index (χ0v) is 22.7. The molecule has 0 bridgehead atoms. The standard InChI is InChI=1S/C28H28ClFN4O4/c1-15-9-19(30)20(31-12-15)14-38-22-10-18(4)34(27(36)25(22)29)21-11-23(32-13-17(21)3)33-8-7-16(2)24(26(33)35)28(5,6)37/h7-13,37H,14H2,1-6H3.